The van der Waals surface area contributed by atoms with Crippen molar-refractivity contribution in [1.29, 1.82) is 0 Å². The fourth-order valence-corrected chi connectivity index (χ4v) is 2.22. The Morgan fingerprint density at radius 3 is 2.80 bits per heavy atom. The van der Waals surface area contributed by atoms with Crippen molar-refractivity contribution >= 4 is 5.65 Å². The van der Waals surface area contributed by atoms with Gasteiger partial charge in [0.05, 0.1) is 24.7 Å². The summed E-state index contributed by atoms with van der Waals surface area (Å²) in [6.45, 7) is 2.44. The van der Waals surface area contributed by atoms with Crippen LogP contribution in [0.15, 0.2) is 36.5 Å². The molecule has 0 fully saturated rings. The summed E-state index contributed by atoms with van der Waals surface area (Å²) in [5.74, 6) is 0.878. The van der Waals surface area contributed by atoms with Gasteiger partial charge in [-0.05, 0) is 42.8 Å². The molecule has 1 aromatic carbocycles. The van der Waals surface area contributed by atoms with Gasteiger partial charge in [-0.15, -0.1) is 0 Å². The van der Waals surface area contributed by atoms with Crippen LogP contribution in [0.5, 0.6) is 5.75 Å². The van der Waals surface area contributed by atoms with Gasteiger partial charge in [-0.25, -0.2) is 9.50 Å². The molecular weight excluding hydrogens is 252 g/mol. The second kappa shape index (κ2) is 4.94. The van der Waals surface area contributed by atoms with E-state index in [1.807, 2.05) is 37.4 Å². The first-order valence-corrected chi connectivity index (χ1v) is 6.41. The lowest BCUT2D eigenvalue weighted by Gasteiger charge is -2.07. The molecule has 0 aliphatic rings. The number of ether oxygens (including phenoxy) is 1. The molecule has 2 heterocycles. The Morgan fingerprint density at radius 1 is 1.25 bits per heavy atom. The Kier molecular flexibility index (Phi) is 3.12. The van der Waals surface area contributed by atoms with Crippen molar-refractivity contribution in [2.75, 3.05) is 7.11 Å². The fourth-order valence-electron chi connectivity index (χ4n) is 2.22. The summed E-state index contributed by atoms with van der Waals surface area (Å²) in [6.07, 6.45) is 1.86. The van der Waals surface area contributed by atoms with Crippen LogP contribution in [0.1, 0.15) is 11.3 Å². The molecule has 0 saturated carbocycles. The molecular formula is C15H16N4O. The summed E-state index contributed by atoms with van der Waals surface area (Å²) in [7, 11) is 1.67. The number of benzene rings is 1. The maximum Gasteiger partial charge on any atom is 0.153 e. The number of hydrogen-bond acceptors (Lipinski definition) is 4. The van der Waals surface area contributed by atoms with Crippen LogP contribution in [0.25, 0.3) is 16.9 Å². The van der Waals surface area contributed by atoms with Crippen LogP contribution in [0.2, 0.25) is 0 Å². The van der Waals surface area contributed by atoms with Gasteiger partial charge in [-0.1, -0.05) is 0 Å². The van der Waals surface area contributed by atoms with Gasteiger partial charge in [0.25, 0.3) is 0 Å². The number of aromatic nitrogens is 3. The molecule has 0 amide bonds. The number of aryl methyl sites for hydroxylation is 1. The van der Waals surface area contributed by atoms with E-state index in [0.717, 1.165) is 33.9 Å². The van der Waals surface area contributed by atoms with Gasteiger partial charge < -0.3 is 10.5 Å². The lowest BCUT2D eigenvalue weighted by Crippen LogP contribution is -1.95. The van der Waals surface area contributed by atoms with Gasteiger partial charge in [-0.2, -0.15) is 5.10 Å². The molecule has 5 nitrogen and oxygen atoms in total. The third kappa shape index (κ3) is 2.12. The van der Waals surface area contributed by atoms with Gasteiger partial charge in [0.15, 0.2) is 5.65 Å². The molecule has 0 aliphatic carbocycles. The van der Waals surface area contributed by atoms with Crippen LogP contribution in [0.3, 0.4) is 0 Å². The van der Waals surface area contributed by atoms with Gasteiger partial charge in [0.2, 0.25) is 0 Å². The summed E-state index contributed by atoms with van der Waals surface area (Å²) < 4.78 is 7.04. The first kappa shape index (κ1) is 12.6. The zero-order valence-electron chi connectivity index (χ0n) is 11.5. The molecule has 0 spiro atoms. The largest absolute Gasteiger partial charge is 0.496 e. The predicted molar refractivity (Wildman–Crippen MR) is 77.6 cm³/mol. The molecule has 0 radical (unpaired) electrons. The standard InChI is InChI=1S/C15H16N4O/c1-10-7-11(3-5-14(10)20-2)13-4-6-15-17-12(8-16)9-19(15)18-13/h3-7,9H,8,16H2,1-2H3. The van der Waals surface area contributed by atoms with Crippen LogP contribution in [0, 0.1) is 6.92 Å². The summed E-state index contributed by atoms with van der Waals surface area (Å²) in [5.41, 5.74) is 10.3. The van der Waals surface area contributed by atoms with Crippen molar-refractivity contribution in [3.05, 3.63) is 47.8 Å². The molecule has 20 heavy (non-hydrogen) atoms. The lowest BCUT2D eigenvalue weighted by atomic mass is 10.1. The zero-order valence-corrected chi connectivity index (χ0v) is 11.5. The maximum atomic E-state index is 5.60. The monoisotopic (exact) mass is 268 g/mol. The van der Waals surface area contributed by atoms with Crippen LogP contribution >= 0.6 is 0 Å². The SMILES string of the molecule is COc1ccc(-c2ccc3nc(CN)cn3n2)cc1C. The quantitative estimate of drug-likeness (QED) is 0.790. The Hall–Kier alpha value is -2.40. The molecule has 0 saturated heterocycles. The average molecular weight is 268 g/mol. The summed E-state index contributed by atoms with van der Waals surface area (Å²) in [4.78, 5) is 4.37. The van der Waals surface area contributed by atoms with Crippen molar-refractivity contribution in [2.24, 2.45) is 5.73 Å². The number of rotatable bonds is 3. The van der Waals surface area contributed by atoms with E-state index in [9.17, 15) is 0 Å². The van der Waals surface area contributed by atoms with Gasteiger partial charge in [0, 0.05) is 12.1 Å². The van der Waals surface area contributed by atoms with Gasteiger partial charge in [0.1, 0.15) is 5.75 Å². The second-order valence-electron chi connectivity index (χ2n) is 4.64. The molecule has 2 N–H and O–H groups in total. The smallest absolute Gasteiger partial charge is 0.153 e. The highest BCUT2D eigenvalue weighted by Crippen LogP contribution is 2.24. The van der Waals surface area contributed by atoms with Crippen LogP contribution in [-0.4, -0.2) is 21.7 Å². The summed E-state index contributed by atoms with van der Waals surface area (Å²) in [5, 5.41) is 4.57. The van der Waals surface area contributed by atoms with Crippen molar-refractivity contribution in [3.8, 4) is 17.0 Å². The third-order valence-corrected chi connectivity index (χ3v) is 3.27. The Bertz CT molecular complexity index is 764. The Morgan fingerprint density at radius 2 is 2.10 bits per heavy atom. The van der Waals surface area contributed by atoms with E-state index < -0.39 is 0 Å². The first-order chi connectivity index (χ1) is 9.71. The topological polar surface area (TPSA) is 65.4 Å². The molecule has 2 aromatic heterocycles. The molecule has 0 atom stereocenters. The molecule has 0 bridgehead atoms. The highest BCUT2D eigenvalue weighted by atomic mass is 16.5. The van der Waals surface area contributed by atoms with Gasteiger partial charge in [-0.3, -0.25) is 0 Å². The second-order valence-corrected chi connectivity index (χ2v) is 4.64. The first-order valence-electron chi connectivity index (χ1n) is 6.41. The van der Waals surface area contributed by atoms with Crippen molar-refractivity contribution < 1.29 is 4.74 Å². The summed E-state index contributed by atoms with van der Waals surface area (Å²) >= 11 is 0. The molecule has 5 heteroatoms. The summed E-state index contributed by atoms with van der Waals surface area (Å²) in [6, 6.07) is 9.93. The number of hydrogen-bond donors (Lipinski definition) is 1. The van der Waals surface area contributed by atoms with E-state index >= 15 is 0 Å². The van der Waals surface area contributed by atoms with E-state index in [4.69, 9.17) is 10.5 Å². The van der Waals surface area contributed by atoms with E-state index in [1.165, 1.54) is 0 Å². The minimum Gasteiger partial charge on any atom is -0.496 e. The third-order valence-electron chi connectivity index (χ3n) is 3.27. The van der Waals surface area contributed by atoms with E-state index in [2.05, 4.69) is 16.1 Å². The maximum absolute atomic E-state index is 5.60. The van der Waals surface area contributed by atoms with Crippen molar-refractivity contribution in [3.63, 3.8) is 0 Å². The van der Waals surface area contributed by atoms with Crippen molar-refractivity contribution in [1.82, 2.24) is 14.6 Å². The molecule has 3 aromatic rings. The average Bonchev–Trinajstić information content (AvgIpc) is 2.89. The van der Waals surface area contributed by atoms with E-state index in [-0.39, 0.29) is 0 Å². The van der Waals surface area contributed by atoms with Gasteiger partial charge >= 0.3 is 0 Å². The molecule has 0 aliphatic heterocycles. The highest BCUT2D eigenvalue weighted by Gasteiger charge is 2.06. The number of nitrogens with zero attached hydrogens (tertiary/aromatic N) is 3. The fraction of sp³-hybridized carbons (Fsp3) is 0.200. The molecule has 102 valence electrons. The van der Waals surface area contributed by atoms with Crippen LogP contribution < -0.4 is 10.5 Å². The predicted octanol–water partition coefficient (Wildman–Crippen LogP) is 2.17. The molecule has 0 unspecified atom stereocenters. The molecule has 3 rings (SSSR count). The Labute approximate surface area is 117 Å². The minimum absolute atomic E-state index is 0.417. The van der Waals surface area contributed by atoms with Crippen LogP contribution in [-0.2, 0) is 6.54 Å². The number of imidazole rings is 1. The number of fused-ring (bicyclic) bond motifs is 1. The zero-order chi connectivity index (χ0) is 14.1. The minimum atomic E-state index is 0.417. The highest BCUT2D eigenvalue weighted by molar-refractivity contribution is 5.63. The van der Waals surface area contributed by atoms with E-state index in [0.29, 0.717) is 6.54 Å². The number of nitrogens with two attached hydrogens (primary N) is 1. The van der Waals surface area contributed by atoms with E-state index in [1.54, 1.807) is 11.6 Å². The Balaban J connectivity index is 2.07. The number of methoxy groups -OCH3 is 1. The lowest BCUT2D eigenvalue weighted by molar-refractivity contribution is 0.412. The van der Waals surface area contributed by atoms with Crippen molar-refractivity contribution in [2.45, 2.75) is 13.5 Å². The van der Waals surface area contributed by atoms with Crippen LogP contribution in [0.4, 0.5) is 0 Å². The normalized spacial score (nSPS) is 10.9.